The molecule has 0 heterocycles. The molecule has 0 aromatic carbocycles. The van der Waals surface area contributed by atoms with Crippen LogP contribution in [0.4, 0.5) is 0 Å². The normalized spacial score (nSPS) is 11.5. The van der Waals surface area contributed by atoms with Gasteiger partial charge in [-0.05, 0) is 32.1 Å². The number of unbranched alkanes of at least 4 members (excludes halogenated alkanes) is 11. The summed E-state index contributed by atoms with van der Waals surface area (Å²) in [6.45, 7) is 1.90. The Morgan fingerprint density at radius 2 is 1.33 bits per heavy atom. The minimum atomic E-state index is -4.30. The fourth-order valence-corrected chi connectivity index (χ4v) is 2.96. The van der Waals surface area contributed by atoms with Crippen LogP contribution in [0.1, 0.15) is 96.8 Å². The van der Waals surface area contributed by atoms with Gasteiger partial charge in [0.2, 0.25) is 0 Å². The van der Waals surface area contributed by atoms with Gasteiger partial charge in [0, 0.05) is 6.42 Å². The average Bonchev–Trinajstić information content (AvgIpc) is 2.57. The minimum Gasteiger partial charge on any atom is -0.748 e. The third kappa shape index (κ3) is 26.1. The van der Waals surface area contributed by atoms with Gasteiger partial charge in [-0.2, -0.15) is 0 Å². The second kappa shape index (κ2) is 20.8. The zero-order chi connectivity index (χ0) is 19.5. The van der Waals surface area contributed by atoms with Crippen LogP contribution in [-0.2, 0) is 19.6 Å². The summed E-state index contributed by atoms with van der Waals surface area (Å²) in [6, 6.07) is 0. The van der Waals surface area contributed by atoms with Gasteiger partial charge in [0.05, 0.1) is 15.9 Å². The van der Waals surface area contributed by atoms with E-state index in [-0.39, 0.29) is 42.6 Å². The summed E-state index contributed by atoms with van der Waals surface area (Å²) >= 11 is 0. The molecular weight excluding hydrogens is 375 g/mol. The number of allylic oxidation sites excluding steroid dienone is 2. The van der Waals surface area contributed by atoms with Crippen molar-refractivity contribution in [1.82, 2.24) is 0 Å². The van der Waals surface area contributed by atoms with E-state index in [0.29, 0.717) is 0 Å². The molecule has 0 saturated heterocycles. The van der Waals surface area contributed by atoms with Gasteiger partial charge in [-0.15, -0.1) is 0 Å². The van der Waals surface area contributed by atoms with Crippen LogP contribution in [0.2, 0.25) is 0 Å². The third-order valence-electron chi connectivity index (χ3n) is 4.24. The van der Waals surface area contributed by atoms with Crippen LogP contribution in [0, 0.1) is 0 Å². The fraction of sp³-hybridized carbons (Fsp3) is 0.850. The molecule has 0 unspecified atom stereocenters. The van der Waals surface area contributed by atoms with Gasteiger partial charge in [0.15, 0.2) is 0 Å². The molecule has 0 rings (SSSR count). The van der Waals surface area contributed by atoms with Crippen LogP contribution >= 0.6 is 0 Å². The summed E-state index contributed by atoms with van der Waals surface area (Å²) in [5, 5.41) is 0. The second-order valence-electron chi connectivity index (χ2n) is 6.82. The first-order valence-electron chi connectivity index (χ1n) is 10.2. The van der Waals surface area contributed by atoms with Gasteiger partial charge in [0.1, 0.15) is 6.61 Å². The summed E-state index contributed by atoms with van der Waals surface area (Å²) in [6.07, 6.45) is 20.4. The molecular formula is C20H37NaO5S. The maximum atomic E-state index is 11.3. The Labute approximate surface area is 188 Å². The molecule has 5 nitrogen and oxygen atoms in total. The molecule has 0 aromatic heterocycles. The van der Waals surface area contributed by atoms with Crippen molar-refractivity contribution in [2.45, 2.75) is 96.8 Å². The molecule has 0 aliphatic rings. The predicted octanol–water partition coefficient (Wildman–Crippen LogP) is 2.12. The van der Waals surface area contributed by atoms with Crippen molar-refractivity contribution in [3.8, 4) is 0 Å². The van der Waals surface area contributed by atoms with E-state index in [1.165, 1.54) is 51.4 Å². The molecule has 0 bridgehead atoms. The molecule has 0 N–H and O–H groups in total. The summed E-state index contributed by atoms with van der Waals surface area (Å²) in [4.78, 5) is 11.3. The van der Waals surface area contributed by atoms with E-state index in [4.69, 9.17) is 4.74 Å². The van der Waals surface area contributed by atoms with Crippen molar-refractivity contribution in [3.63, 3.8) is 0 Å². The van der Waals surface area contributed by atoms with Crippen molar-refractivity contribution in [1.29, 1.82) is 0 Å². The molecule has 0 aliphatic carbocycles. The number of ether oxygens (including phenoxy) is 1. The number of hydrogen-bond acceptors (Lipinski definition) is 5. The number of hydrogen-bond donors (Lipinski definition) is 0. The third-order valence-corrected chi connectivity index (χ3v) is 4.91. The number of rotatable bonds is 18. The number of carbonyl (C=O) groups is 1. The molecule has 7 heteroatoms. The van der Waals surface area contributed by atoms with Gasteiger partial charge < -0.3 is 9.29 Å². The molecule has 0 aromatic rings. The summed E-state index contributed by atoms with van der Waals surface area (Å²) in [5.74, 6) is -1.07. The minimum absolute atomic E-state index is 0. The Balaban J connectivity index is 0. The van der Waals surface area contributed by atoms with Crippen LogP contribution in [0.25, 0.3) is 0 Å². The Hall–Kier alpha value is 0.120. The summed E-state index contributed by atoms with van der Waals surface area (Å²) < 4.78 is 35.8. The first kappa shape index (κ1) is 29.3. The van der Waals surface area contributed by atoms with Crippen LogP contribution in [0.3, 0.4) is 0 Å². The van der Waals surface area contributed by atoms with Crippen LogP contribution in [0.5, 0.6) is 0 Å². The van der Waals surface area contributed by atoms with Crippen molar-refractivity contribution >= 4 is 16.1 Å². The SMILES string of the molecule is CCCCCCCC/C=C/CCCCCCCC(=O)OCCS(=O)(=O)[O-].[Na+]. The van der Waals surface area contributed by atoms with Crippen molar-refractivity contribution in [2.24, 2.45) is 0 Å². The van der Waals surface area contributed by atoms with Crippen molar-refractivity contribution < 1.29 is 52.1 Å². The molecule has 0 amide bonds. The smallest absolute Gasteiger partial charge is 0.748 e. The maximum absolute atomic E-state index is 11.3. The Morgan fingerprint density at radius 3 is 1.85 bits per heavy atom. The van der Waals surface area contributed by atoms with E-state index in [9.17, 15) is 17.8 Å². The van der Waals surface area contributed by atoms with E-state index < -0.39 is 21.8 Å². The molecule has 27 heavy (non-hydrogen) atoms. The molecule has 0 saturated carbocycles. The Morgan fingerprint density at radius 1 is 0.852 bits per heavy atom. The molecule has 0 fully saturated rings. The van der Waals surface area contributed by atoms with Crippen LogP contribution in [0.15, 0.2) is 12.2 Å². The first-order chi connectivity index (χ1) is 12.5. The van der Waals surface area contributed by atoms with Gasteiger partial charge in [-0.25, -0.2) is 8.42 Å². The maximum Gasteiger partial charge on any atom is 1.00 e. The first-order valence-corrected chi connectivity index (χ1v) is 11.8. The predicted molar refractivity (Wildman–Crippen MR) is 105 cm³/mol. The van der Waals surface area contributed by atoms with Crippen LogP contribution < -0.4 is 29.6 Å². The second-order valence-corrected chi connectivity index (χ2v) is 8.34. The standard InChI is InChI=1S/C20H38O5S.Na/c1-2-3-4-5-6-7-8-9-10-11-12-13-14-15-16-17-20(21)25-18-19-26(22,23)24;/h9-10H,2-8,11-19H2,1H3,(H,22,23,24);/q;+1/p-1/b10-9+;. The quantitative estimate of drug-likeness (QED) is 0.113. The zero-order valence-electron chi connectivity index (χ0n) is 17.4. The van der Waals surface area contributed by atoms with Gasteiger partial charge >= 0.3 is 35.5 Å². The molecule has 0 aliphatic heterocycles. The van der Waals surface area contributed by atoms with E-state index in [1.54, 1.807) is 0 Å². The number of esters is 1. The average molecular weight is 413 g/mol. The topological polar surface area (TPSA) is 83.5 Å². The molecule has 154 valence electrons. The van der Waals surface area contributed by atoms with E-state index >= 15 is 0 Å². The van der Waals surface area contributed by atoms with E-state index in [1.807, 2.05) is 0 Å². The van der Waals surface area contributed by atoms with Gasteiger partial charge in [-0.3, -0.25) is 4.79 Å². The number of carbonyl (C=O) groups excluding carboxylic acids is 1. The summed E-state index contributed by atoms with van der Waals surface area (Å²) in [7, 11) is -4.30. The Kier molecular flexibility index (Phi) is 22.6. The van der Waals surface area contributed by atoms with Gasteiger partial charge in [0.25, 0.3) is 0 Å². The van der Waals surface area contributed by atoms with Gasteiger partial charge in [-0.1, -0.05) is 70.4 Å². The molecule has 0 spiro atoms. The van der Waals surface area contributed by atoms with Crippen LogP contribution in [-0.4, -0.2) is 31.3 Å². The molecule has 0 atom stereocenters. The zero-order valence-corrected chi connectivity index (χ0v) is 20.2. The summed E-state index contributed by atoms with van der Waals surface area (Å²) in [5.41, 5.74) is 0. The molecule has 0 radical (unpaired) electrons. The van der Waals surface area contributed by atoms with E-state index in [0.717, 1.165) is 32.1 Å². The Bertz CT molecular complexity index is 463. The van der Waals surface area contributed by atoms with E-state index in [2.05, 4.69) is 19.1 Å². The monoisotopic (exact) mass is 412 g/mol. The fourth-order valence-electron chi connectivity index (χ4n) is 2.67. The largest absolute Gasteiger partial charge is 1.00 e. The van der Waals surface area contributed by atoms with Crippen molar-refractivity contribution in [3.05, 3.63) is 12.2 Å². The van der Waals surface area contributed by atoms with Crippen molar-refractivity contribution in [2.75, 3.05) is 12.4 Å².